The quantitative estimate of drug-likeness (QED) is 0.445. The number of hydrogen-bond acceptors (Lipinski definition) is 8. The van der Waals surface area contributed by atoms with Crippen LogP contribution in [0.5, 0.6) is 11.5 Å². The van der Waals surface area contributed by atoms with Crippen molar-refractivity contribution in [3.8, 4) is 17.6 Å². The van der Waals surface area contributed by atoms with Gasteiger partial charge < -0.3 is 19.9 Å². The van der Waals surface area contributed by atoms with Crippen molar-refractivity contribution < 1.29 is 23.9 Å². The van der Waals surface area contributed by atoms with Gasteiger partial charge >= 0.3 is 0 Å². The van der Waals surface area contributed by atoms with Crippen molar-refractivity contribution in [3.05, 3.63) is 86.0 Å². The van der Waals surface area contributed by atoms with Crippen LogP contribution in [0.25, 0.3) is 0 Å². The number of nitrogens with zero attached hydrogens (tertiary/aromatic N) is 2. The van der Waals surface area contributed by atoms with E-state index in [1.165, 1.54) is 19.2 Å². The van der Waals surface area contributed by atoms with Gasteiger partial charge in [0.05, 0.1) is 18.0 Å². The molecule has 0 bridgehead atoms. The minimum Gasteiger partial charge on any atom is -0.496 e. The molecule has 2 N–H and O–H groups in total. The highest BCUT2D eigenvalue weighted by atomic mass is 16.6. The van der Waals surface area contributed by atoms with Gasteiger partial charge in [0.15, 0.2) is 5.78 Å². The standard InChI is InChI=1S/C27H27N3O6/c1-15-9-18(6-7-20(15)30(32)33)35-14-17-10-16(5-8-22(17)34-4)24-19(13-28)26(29)36-23-12-27(2,3)11-21(31)25(23)24/h5-10,24H,11-12,14,29H2,1-4H3. The largest absolute Gasteiger partial charge is 0.496 e. The third-order valence-electron chi connectivity index (χ3n) is 6.47. The fourth-order valence-corrected chi connectivity index (χ4v) is 4.79. The predicted octanol–water partition coefficient (Wildman–Crippen LogP) is 4.94. The summed E-state index contributed by atoms with van der Waals surface area (Å²) in [5.41, 5.74) is 8.37. The van der Waals surface area contributed by atoms with Crippen molar-refractivity contribution in [1.29, 1.82) is 5.26 Å². The Bertz CT molecular complexity index is 1370. The van der Waals surface area contributed by atoms with Gasteiger partial charge in [-0.1, -0.05) is 19.9 Å². The van der Waals surface area contributed by atoms with E-state index in [9.17, 15) is 20.2 Å². The maximum atomic E-state index is 13.2. The first-order valence-electron chi connectivity index (χ1n) is 11.4. The molecule has 2 aliphatic rings. The third kappa shape index (κ3) is 4.62. The molecule has 0 spiro atoms. The molecule has 186 valence electrons. The second kappa shape index (κ2) is 9.38. The summed E-state index contributed by atoms with van der Waals surface area (Å²) in [4.78, 5) is 23.9. The molecule has 1 unspecified atom stereocenters. The van der Waals surface area contributed by atoms with Crippen LogP contribution >= 0.6 is 0 Å². The van der Waals surface area contributed by atoms with Crippen molar-refractivity contribution in [2.24, 2.45) is 11.1 Å². The molecule has 1 atom stereocenters. The van der Waals surface area contributed by atoms with Gasteiger partial charge in [0.1, 0.15) is 35.5 Å². The number of nitro groups is 1. The lowest BCUT2D eigenvalue weighted by Crippen LogP contribution is -2.33. The van der Waals surface area contributed by atoms with Gasteiger partial charge in [-0.2, -0.15) is 5.26 Å². The van der Waals surface area contributed by atoms with Crippen LogP contribution < -0.4 is 15.2 Å². The van der Waals surface area contributed by atoms with Crippen molar-refractivity contribution in [2.75, 3.05) is 7.11 Å². The Morgan fingerprint density at radius 2 is 2.00 bits per heavy atom. The molecule has 9 nitrogen and oxygen atoms in total. The van der Waals surface area contributed by atoms with Crippen LogP contribution in [0.15, 0.2) is 59.2 Å². The fourth-order valence-electron chi connectivity index (χ4n) is 4.79. The molecule has 0 radical (unpaired) electrons. The van der Waals surface area contributed by atoms with E-state index in [-0.39, 0.29) is 34.9 Å². The SMILES string of the molecule is COc1ccc(C2C(C#N)=C(N)OC3=C2C(=O)CC(C)(C)C3)cc1COc1ccc([N+](=O)[O-])c(C)c1. The number of ether oxygens (including phenoxy) is 3. The number of Topliss-reactive ketones (excluding diaryl/α,β-unsaturated/α-hetero) is 1. The summed E-state index contributed by atoms with van der Waals surface area (Å²) >= 11 is 0. The number of carbonyl (C=O) groups excluding carboxylic acids is 1. The zero-order valence-corrected chi connectivity index (χ0v) is 20.6. The number of hydrogen-bond donors (Lipinski definition) is 1. The van der Waals surface area contributed by atoms with Crippen molar-refractivity contribution >= 4 is 11.5 Å². The van der Waals surface area contributed by atoms with E-state index in [1.807, 2.05) is 19.9 Å². The topological polar surface area (TPSA) is 138 Å². The molecule has 0 amide bonds. The van der Waals surface area contributed by atoms with E-state index < -0.39 is 10.8 Å². The number of rotatable bonds is 6. The molecule has 0 saturated carbocycles. The molecular formula is C27H27N3O6. The Labute approximate surface area is 208 Å². The van der Waals surface area contributed by atoms with E-state index in [1.54, 1.807) is 25.1 Å². The molecule has 1 aliphatic heterocycles. The number of aryl methyl sites for hydroxylation is 1. The predicted molar refractivity (Wildman–Crippen MR) is 131 cm³/mol. The van der Waals surface area contributed by atoms with Crippen molar-refractivity contribution in [2.45, 2.75) is 46.1 Å². The Balaban J connectivity index is 1.71. The Morgan fingerprint density at radius 3 is 2.64 bits per heavy atom. The first-order chi connectivity index (χ1) is 17.0. The van der Waals surface area contributed by atoms with E-state index in [4.69, 9.17) is 19.9 Å². The summed E-state index contributed by atoms with van der Waals surface area (Å²) in [6.45, 7) is 5.74. The highest BCUT2D eigenvalue weighted by Gasteiger charge is 2.43. The van der Waals surface area contributed by atoms with Gasteiger partial charge in [-0.3, -0.25) is 14.9 Å². The average Bonchev–Trinajstić information content (AvgIpc) is 2.80. The van der Waals surface area contributed by atoms with Crippen molar-refractivity contribution in [1.82, 2.24) is 0 Å². The molecular weight excluding hydrogens is 462 g/mol. The zero-order valence-electron chi connectivity index (χ0n) is 20.6. The number of nitriles is 1. The second-order valence-corrected chi connectivity index (χ2v) is 9.77. The normalized spacial score (nSPS) is 18.8. The molecule has 0 saturated heterocycles. The zero-order chi connectivity index (χ0) is 26.2. The molecule has 2 aromatic rings. The van der Waals surface area contributed by atoms with Gasteiger partial charge in [-0.15, -0.1) is 0 Å². The third-order valence-corrected chi connectivity index (χ3v) is 6.47. The molecule has 0 aromatic heterocycles. The number of nitrogens with two attached hydrogens (primary N) is 1. The first-order valence-corrected chi connectivity index (χ1v) is 11.4. The summed E-state index contributed by atoms with van der Waals surface area (Å²) in [5, 5.41) is 21.0. The number of methoxy groups -OCH3 is 1. The molecule has 0 fully saturated rings. The van der Waals surface area contributed by atoms with Gasteiger partial charge in [-0.05, 0) is 42.2 Å². The van der Waals surface area contributed by atoms with Gasteiger partial charge in [0.25, 0.3) is 5.69 Å². The Hall–Kier alpha value is -4.32. The maximum absolute atomic E-state index is 13.2. The summed E-state index contributed by atoms with van der Waals surface area (Å²) < 4.78 is 17.2. The lowest BCUT2D eigenvalue weighted by atomic mass is 9.70. The molecule has 4 rings (SSSR count). The molecule has 9 heteroatoms. The van der Waals surface area contributed by atoms with Crippen molar-refractivity contribution in [3.63, 3.8) is 0 Å². The van der Waals surface area contributed by atoms with E-state index in [0.717, 1.165) is 0 Å². The summed E-state index contributed by atoms with van der Waals surface area (Å²) in [6, 6.07) is 12.1. The van der Waals surface area contributed by atoms with Gasteiger partial charge in [0, 0.05) is 35.6 Å². The number of benzene rings is 2. The monoisotopic (exact) mass is 489 g/mol. The smallest absolute Gasteiger partial charge is 0.272 e. The van der Waals surface area contributed by atoms with Crippen LogP contribution in [0.4, 0.5) is 5.69 Å². The molecule has 36 heavy (non-hydrogen) atoms. The van der Waals surface area contributed by atoms with E-state index in [2.05, 4.69) is 6.07 Å². The molecule has 2 aromatic carbocycles. The van der Waals surface area contributed by atoms with Crippen LogP contribution in [-0.4, -0.2) is 17.8 Å². The van der Waals surface area contributed by atoms with E-state index in [0.29, 0.717) is 52.4 Å². The second-order valence-electron chi connectivity index (χ2n) is 9.77. The highest BCUT2D eigenvalue weighted by molar-refractivity contribution is 6.00. The fraction of sp³-hybridized carbons (Fsp3) is 0.333. The van der Waals surface area contributed by atoms with Crippen LogP contribution in [0, 0.1) is 33.8 Å². The summed E-state index contributed by atoms with van der Waals surface area (Å²) in [6.07, 6.45) is 0.880. The van der Waals surface area contributed by atoms with Crippen LogP contribution in [0.2, 0.25) is 0 Å². The number of nitro benzene ring substituents is 1. The summed E-state index contributed by atoms with van der Waals surface area (Å²) in [7, 11) is 1.54. The lowest BCUT2D eigenvalue weighted by molar-refractivity contribution is -0.385. The van der Waals surface area contributed by atoms with Crippen LogP contribution in [-0.2, 0) is 16.1 Å². The number of allylic oxidation sites excluding steroid dienone is 3. The Kier molecular flexibility index (Phi) is 6.46. The van der Waals surface area contributed by atoms with Gasteiger partial charge in [0.2, 0.25) is 5.88 Å². The molecule has 1 heterocycles. The summed E-state index contributed by atoms with van der Waals surface area (Å²) in [5.74, 6) is 0.808. The highest BCUT2D eigenvalue weighted by Crippen LogP contribution is 2.48. The van der Waals surface area contributed by atoms with Gasteiger partial charge in [-0.25, -0.2) is 0 Å². The average molecular weight is 490 g/mol. The van der Waals surface area contributed by atoms with Crippen LogP contribution in [0.3, 0.4) is 0 Å². The molecule has 1 aliphatic carbocycles. The maximum Gasteiger partial charge on any atom is 0.272 e. The number of carbonyl (C=O) groups is 1. The van der Waals surface area contributed by atoms with Crippen LogP contribution in [0.1, 0.15) is 49.3 Å². The first kappa shape index (κ1) is 24.8. The minimum absolute atomic E-state index is 0.00160. The number of ketones is 1. The van der Waals surface area contributed by atoms with E-state index >= 15 is 0 Å². The Morgan fingerprint density at radius 1 is 1.25 bits per heavy atom. The minimum atomic E-state index is -0.659. The lowest BCUT2D eigenvalue weighted by Gasteiger charge is -2.37.